The molecule has 0 amide bonds. The van der Waals surface area contributed by atoms with E-state index < -0.39 is 0 Å². The first kappa shape index (κ1) is 15.2. The van der Waals surface area contributed by atoms with Crippen LogP contribution in [0.3, 0.4) is 0 Å². The van der Waals surface area contributed by atoms with Crippen LogP contribution in [0.1, 0.15) is 27.7 Å². The summed E-state index contributed by atoms with van der Waals surface area (Å²) in [6.45, 7) is 13.2. The summed E-state index contributed by atoms with van der Waals surface area (Å²) in [5.74, 6) is 0.272. The van der Waals surface area contributed by atoms with Crippen LogP contribution in [-0.4, -0.2) is 59.6 Å². The van der Waals surface area contributed by atoms with Crippen molar-refractivity contribution in [1.82, 2.24) is 9.80 Å². The number of oxime groups is 1. The molecular weight excluding hydrogens is 204 g/mol. The number of hydrogen-bond donors (Lipinski definition) is 2. The SMILES string of the molecule is CCN(CC)CCN(CC(N)=NO)C(C)C. The van der Waals surface area contributed by atoms with E-state index in [0.29, 0.717) is 12.6 Å². The highest BCUT2D eigenvalue weighted by molar-refractivity contribution is 5.81. The van der Waals surface area contributed by atoms with Gasteiger partial charge < -0.3 is 15.8 Å². The molecule has 0 aliphatic heterocycles. The standard InChI is InChI=1S/C11H26N4O/c1-5-14(6-2)7-8-15(10(3)4)9-11(12)13-16/h10,16H,5-9H2,1-4H3,(H2,12,13). The lowest BCUT2D eigenvalue weighted by molar-refractivity contribution is 0.199. The molecule has 0 saturated heterocycles. The lowest BCUT2D eigenvalue weighted by atomic mass is 10.3. The zero-order chi connectivity index (χ0) is 12.6. The van der Waals surface area contributed by atoms with Crippen molar-refractivity contribution in [2.75, 3.05) is 32.7 Å². The van der Waals surface area contributed by atoms with Crippen LogP contribution in [0.5, 0.6) is 0 Å². The Balaban J connectivity index is 4.13. The minimum Gasteiger partial charge on any atom is -0.409 e. The number of nitrogens with zero attached hydrogens (tertiary/aromatic N) is 3. The first-order valence-electron chi connectivity index (χ1n) is 5.97. The molecule has 0 atom stereocenters. The smallest absolute Gasteiger partial charge is 0.153 e. The van der Waals surface area contributed by atoms with Crippen LogP contribution in [0.4, 0.5) is 0 Å². The van der Waals surface area contributed by atoms with Gasteiger partial charge >= 0.3 is 0 Å². The van der Waals surface area contributed by atoms with Crippen molar-refractivity contribution in [3.63, 3.8) is 0 Å². The van der Waals surface area contributed by atoms with E-state index in [1.165, 1.54) is 0 Å². The Labute approximate surface area is 98.9 Å². The molecule has 0 rings (SSSR count). The number of hydrogen-bond acceptors (Lipinski definition) is 4. The quantitative estimate of drug-likeness (QED) is 0.280. The average Bonchev–Trinajstić information content (AvgIpc) is 2.28. The van der Waals surface area contributed by atoms with Crippen LogP contribution in [0, 0.1) is 0 Å². The molecule has 0 spiro atoms. The van der Waals surface area contributed by atoms with E-state index in [1.54, 1.807) is 0 Å². The zero-order valence-corrected chi connectivity index (χ0v) is 11.0. The number of amidine groups is 1. The predicted molar refractivity (Wildman–Crippen MR) is 67.9 cm³/mol. The van der Waals surface area contributed by atoms with Crippen LogP contribution >= 0.6 is 0 Å². The second-order valence-corrected chi connectivity index (χ2v) is 4.18. The molecule has 0 radical (unpaired) electrons. The van der Waals surface area contributed by atoms with E-state index in [9.17, 15) is 0 Å². The zero-order valence-electron chi connectivity index (χ0n) is 11.0. The Morgan fingerprint density at radius 2 is 1.81 bits per heavy atom. The fraction of sp³-hybridized carbons (Fsp3) is 0.909. The monoisotopic (exact) mass is 230 g/mol. The molecule has 0 aromatic carbocycles. The van der Waals surface area contributed by atoms with Crippen molar-refractivity contribution < 1.29 is 5.21 Å². The van der Waals surface area contributed by atoms with Crippen LogP contribution in [-0.2, 0) is 0 Å². The largest absolute Gasteiger partial charge is 0.409 e. The number of likely N-dealkylation sites (N-methyl/N-ethyl adjacent to an activating group) is 1. The Morgan fingerprint density at radius 1 is 1.25 bits per heavy atom. The minimum atomic E-state index is 0.272. The van der Waals surface area contributed by atoms with Crippen molar-refractivity contribution in [3.05, 3.63) is 0 Å². The molecule has 5 nitrogen and oxygen atoms in total. The van der Waals surface area contributed by atoms with Crippen molar-refractivity contribution in [2.24, 2.45) is 10.9 Å². The maximum Gasteiger partial charge on any atom is 0.153 e. The molecule has 0 saturated carbocycles. The molecule has 16 heavy (non-hydrogen) atoms. The number of nitrogens with two attached hydrogens (primary N) is 1. The summed E-state index contributed by atoms with van der Waals surface area (Å²) in [5, 5.41) is 11.6. The highest BCUT2D eigenvalue weighted by atomic mass is 16.4. The van der Waals surface area contributed by atoms with Crippen molar-refractivity contribution in [3.8, 4) is 0 Å². The fourth-order valence-electron chi connectivity index (χ4n) is 1.57. The second-order valence-electron chi connectivity index (χ2n) is 4.18. The summed E-state index contributed by atoms with van der Waals surface area (Å²) in [6.07, 6.45) is 0. The predicted octanol–water partition coefficient (Wildman–Crippen LogP) is 0.785. The van der Waals surface area contributed by atoms with Gasteiger partial charge in [0.2, 0.25) is 0 Å². The van der Waals surface area contributed by atoms with Gasteiger partial charge in [-0.1, -0.05) is 19.0 Å². The third kappa shape index (κ3) is 5.92. The fourth-order valence-corrected chi connectivity index (χ4v) is 1.57. The van der Waals surface area contributed by atoms with E-state index in [4.69, 9.17) is 10.9 Å². The van der Waals surface area contributed by atoms with Crippen molar-refractivity contribution in [1.29, 1.82) is 0 Å². The van der Waals surface area contributed by atoms with Gasteiger partial charge in [-0.2, -0.15) is 0 Å². The van der Waals surface area contributed by atoms with Crippen LogP contribution in [0.15, 0.2) is 5.16 Å². The van der Waals surface area contributed by atoms with Gasteiger partial charge in [-0.15, -0.1) is 0 Å². The van der Waals surface area contributed by atoms with Gasteiger partial charge in [0.25, 0.3) is 0 Å². The molecule has 0 aliphatic carbocycles. The Bertz CT molecular complexity index is 202. The summed E-state index contributed by atoms with van der Waals surface area (Å²) < 4.78 is 0. The molecule has 0 unspecified atom stereocenters. The maximum atomic E-state index is 8.56. The Kier molecular flexibility index (Phi) is 7.93. The summed E-state index contributed by atoms with van der Waals surface area (Å²) in [6, 6.07) is 0.399. The van der Waals surface area contributed by atoms with E-state index in [1.807, 2.05) is 0 Å². The Hall–Kier alpha value is -0.810. The second kappa shape index (κ2) is 8.35. The van der Waals surface area contributed by atoms with Crippen molar-refractivity contribution >= 4 is 5.84 Å². The van der Waals surface area contributed by atoms with Gasteiger partial charge in [-0.05, 0) is 26.9 Å². The molecule has 5 heteroatoms. The van der Waals surface area contributed by atoms with Gasteiger partial charge in [-0.25, -0.2) is 0 Å². The average molecular weight is 230 g/mol. The third-order valence-corrected chi connectivity index (χ3v) is 2.82. The highest BCUT2D eigenvalue weighted by Gasteiger charge is 2.12. The van der Waals surface area contributed by atoms with Gasteiger partial charge in [0.05, 0.1) is 6.54 Å². The molecule has 0 aromatic heterocycles. The number of rotatable bonds is 8. The molecule has 3 N–H and O–H groups in total. The lowest BCUT2D eigenvalue weighted by Crippen LogP contribution is -2.43. The molecule has 96 valence electrons. The van der Waals surface area contributed by atoms with E-state index >= 15 is 0 Å². The Morgan fingerprint density at radius 3 is 2.19 bits per heavy atom. The summed E-state index contributed by atoms with van der Waals surface area (Å²) in [4.78, 5) is 4.56. The van der Waals surface area contributed by atoms with Crippen LogP contribution in [0.2, 0.25) is 0 Å². The van der Waals surface area contributed by atoms with E-state index in [-0.39, 0.29) is 5.84 Å². The van der Waals surface area contributed by atoms with Gasteiger partial charge in [0.15, 0.2) is 5.84 Å². The third-order valence-electron chi connectivity index (χ3n) is 2.82. The molecule has 0 aliphatic rings. The lowest BCUT2D eigenvalue weighted by Gasteiger charge is -2.28. The topological polar surface area (TPSA) is 65.1 Å². The highest BCUT2D eigenvalue weighted by Crippen LogP contribution is 1.99. The summed E-state index contributed by atoms with van der Waals surface area (Å²) >= 11 is 0. The summed E-state index contributed by atoms with van der Waals surface area (Å²) in [7, 11) is 0. The van der Waals surface area contributed by atoms with Crippen LogP contribution in [0.25, 0.3) is 0 Å². The van der Waals surface area contributed by atoms with Gasteiger partial charge in [-0.3, -0.25) is 4.90 Å². The maximum absolute atomic E-state index is 8.56. The normalized spacial score (nSPS) is 13.1. The van der Waals surface area contributed by atoms with Crippen molar-refractivity contribution in [2.45, 2.75) is 33.7 Å². The molecule has 0 fully saturated rings. The van der Waals surface area contributed by atoms with Gasteiger partial charge in [0.1, 0.15) is 0 Å². The molecule has 0 aromatic rings. The van der Waals surface area contributed by atoms with Gasteiger partial charge in [0, 0.05) is 19.1 Å². The van der Waals surface area contributed by atoms with Crippen LogP contribution < -0.4 is 5.73 Å². The minimum absolute atomic E-state index is 0.272. The summed E-state index contributed by atoms with van der Waals surface area (Å²) in [5.41, 5.74) is 5.53. The van der Waals surface area contributed by atoms with E-state index in [2.05, 4.69) is 42.7 Å². The molecule has 0 bridgehead atoms. The van der Waals surface area contributed by atoms with E-state index in [0.717, 1.165) is 26.2 Å². The first-order chi connectivity index (χ1) is 7.54. The molecule has 0 heterocycles. The molecular formula is C11H26N4O. The first-order valence-corrected chi connectivity index (χ1v) is 5.97.